The molecule has 0 atom stereocenters. The third kappa shape index (κ3) is 2.78. The Balaban J connectivity index is 2.13. The Labute approximate surface area is 99.8 Å². The molecular formula is C14H12N2O. The van der Waals surface area contributed by atoms with Crippen molar-refractivity contribution in [2.45, 2.75) is 0 Å². The van der Waals surface area contributed by atoms with Gasteiger partial charge in [-0.3, -0.25) is 9.98 Å². The molecule has 0 aliphatic carbocycles. The minimum atomic E-state index is 0.700. The number of rotatable bonds is 4. The molecule has 0 fully saturated rings. The smallest absolute Gasteiger partial charge is 0.145 e. The van der Waals surface area contributed by atoms with Crippen LogP contribution in [0, 0.1) is 0 Å². The largest absolute Gasteiger partial charge is 0.456 e. The van der Waals surface area contributed by atoms with Crippen molar-refractivity contribution < 1.29 is 4.42 Å². The maximum Gasteiger partial charge on any atom is 0.145 e. The molecule has 3 nitrogen and oxygen atoms in total. The van der Waals surface area contributed by atoms with Gasteiger partial charge in [-0.2, -0.15) is 0 Å². The van der Waals surface area contributed by atoms with Gasteiger partial charge in [0.25, 0.3) is 0 Å². The standard InChI is InChI=1S/C14H12N2O/c1-3-13-8-9-14(17-13)10-16-12-6-4-11(15-2)5-7-12/h3-10H,1-2H2. The van der Waals surface area contributed by atoms with Crippen LogP contribution in [0.5, 0.6) is 0 Å². The second-order valence-electron chi connectivity index (χ2n) is 3.38. The van der Waals surface area contributed by atoms with Crippen molar-refractivity contribution in [1.82, 2.24) is 0 Å². The van der Waals surface area contributed by atoms with Gasteiger partial charge >= 0.3 is 0 Å². The highest BCUT2D eigenvalue weighted by Gasteiger charge is 1.95. The van der Waals surface area contributed by atoms with E-state index in [9.17, 15) is 0 Å². The van der Waals surface area contributed by atoms with Crippen molar-refractivity contribution in [1.29, 1.82) is 0 Å². The number of nitrogens with zero attached hydrogens (tertiary/aromatic N) is 2. The molecule has 0 bridgehead atoms. The quantitative estimate of drug-likeness (QED) is 0.723. The van der Waals surface area contributed by atoms with E-state index in [1.807, 2.05) is 36.4 Å². The summed E-state index contributed by atoms with van der Waals surface area (Å²) in [6, 6.07) is 11.2. The Morgan fingerprint density at radius 3 is 2.18 bits per heavy atom. The van der Waals surface area contributed by atoms with Gasteiger partial charge in [-0.1, -0.05) is 6.58 Å². The first-order valence-corrected chi connectivity index (χ1v) is 5.15. The third-order valence-electron chi connectivity index (χ3n) is 2.22. The second-order valence-corrected chi connectivity index (χ2v) is 3.38. The highest BCUT2D eigenvalue weighted by Crippen LogP contribution is 2.18. The van der Waals surface area contributed by atoms with Crippen LogP contribution in [0.2, 0.25) is 0 Å². The Bertz CT molecular complexity index is 550. The van der Waals surface area contributed by atoms with Crippen LogP contribution in [0.3, 0.4) is 0 Å². The Kier molecular flexibility index (Phi) is 3.31. The summed E-state index contributed by atoms with van der Waals surface area (Å²) >= 11 is 0. The molecule has 2 rings (SSSR count). The molecule has 3 heteroatoms. The van der Waals surface area contributed by atoms with Crippen molar-refractivity contribution in [2.75, 3.05) is 0 Å². The Hall–Kier alpha value is -2.42. The van der Waals surface area contributed by atoms with Crippen LogP contribution < -0.4 is 0 Å². The maximum atomic E-state index is 5.40. The Morgan fingerprint density at radius 1 is 0.941 bits per heavy atom. The molecule has 0 unspecified atom stereocenters. The summed E-state index contributed by atoms with van der Waals surface area (Å²) in [4.78, 5) is 8.10. The summed E-state index contributed by atoms with van der Waals surface area (Å²) in [6.07, 6.45) is 3.32. The molecular weight excluding hydrogens is 212 g/mol. The molecule has 0 amide bonds. The van der Waals surface area contributed by atoms with Gasteiger partial charge in [-0.25, -0.2) is 0 Å². The lowest BCUT2D eigenvalue weighted by Gasteiger charge is -1.93. The van der Waals surface area contributed by atoms with Gasteiger partial charge in [-0.15, -0.1) is 0 Å². The number of aliphatic imine (C=N–C) groups is 2. The fraction of sp³-hybridized carbons (Fsp3) is 0. The molecule has 0 aliphatic heterocycles. The van der Waals surface area contributed by atoms with Gasteiger partial charge in [-0.05, 0) is 49.2 Å². The molecule has 0 radical (unpaired) electrons. The van der Waals surface area contributed by atoms with Crippen LogP contribution in [0.25, 0.3) is 6.08 Å². The first-order chi connectivity index (χ1) is 8.31. The topological polar surface area (TPSA) is 37.9 Å². The molecule has 0 spiro atoms. The van der Waals surface area contributed by atoms with Crippen molar-refractivity contribution in [2.24, 2.45) is 9.98 Å². The highest BCUT2D eigenvalue weighted by molar-refractivity contribution is 5.79. The highest BCUT2D eigenvalue weighted by atomic mass is 16.3. The second kappa shape index (κ2) is 5.07. The molecule has 0 aliphatic rings. The van der Waals surface area contributed by atoms with Crippen LogP contribution in [0.1, 0.15) is 11.5 Å². The lowest BCUT2D eigenvalue weighted by Crippen LogP contribution is -1.73. The van der Waals surface area contributed by atoms with Gasteiger partial charge in [0, 0.05) is 0 Å². The average molecular weight is 224 g/mol. The van der Waals surface area contributed by atoms with E-state index in [0.29, 0.717) is 5.76 Å². The number of furan rings is 1. The molecule has 17 heavy (non-hydrogen) atoms. The lowest BCUT2D eigenvalue weighted by molar-refractivity contribution is 0.550. The van der Waals surface area contributed by atoms with E-state index in [4.69, 9.17) is 4.42 Å². The molecule has 0 saturated heterocycles. The van der Waals surface area contributed by atoms with Gasteiger partial charge in [0.2, 0.25) is 0 Å². The molecule has 2 aromatic rings. The number of benzene rings is 1. The normalized spacial score (nSPS) is 10.6. The molecule has 1 aromatic heterocycles. The molecule has 0 N–H and O–H groups in total. The van der Waals surface area contributed by atoms with Crippen LogP contribution >= 0.6 is 0 Å². The van der Waals surface area contributed by atoms with Gasteiger partial charge in [0.1, 0.15) is 11.5 Å². The summed E-state index contributed by atoms with van der Waals surface area (Å²) in [6.45, 7) is 7.08. The lowest BCUT2D eigenvalue weighted by atomic mass is 10.3. The van der Waals surface area contributed by atoms with E-state index in [-0.39, 0.29) is 0 Å². The van der Waals surface area contributed by atoms with Crippen molar-refractivity contribution >= 4 is 30.4 Å². The maximum absolute atomic E-state index is 5.40. The molecule has 1 heterocycles. The van der Waals surface area contributed by atoms with E-state index < -0.39 is 0 Å². The zero-order valence-corrected chi connectivity index (χ0v) is 9.34. The average Bonchev–Trinajstić information content (AvgIpc) is 2.85. The third-order valence-corrected chi connectivity index (χ3v) is 2.22. The summed E-state index contributed by atoms with van der Waals surface area (Å²) in [7, 11) is 0. The first-order valence-electron chi connectivity index (χ1n) is 5.15. The van der Waals surface area contributed by atoms with E-state index in [1.54, 1.807) is 12.3 Å². The van der Waals surface area contributed by atoms with E-state index in [1.165, 1.54) is 0 Å². The molecule has 84 valence electrons. The fourth-order valence-corrected chi connectivity index (χ4v) is 1.33. The van der Waals surface area contributed by atoms with E-state index in [0.717, 1.165) is 17.1 Å². The fourth-order valence-electron chi connectivity index (χ4n) is 1.33. The van der Waals surface area contributed by atoms with Gasteiger partial charge in [0.05, 0.1) is 17.6 Å². The zero-order valence-electron chi connectivity index (χ0n) is 9.34. The minimum absolute atomic E-state index is 0.700. The van der Waals surface area contributed by atoms with Crippen molar-refractivity contribution in [3.8, 4) is 0 Å². The van der Waals surface area contributed by atoms with Crippen molar-refractivity contribution in [3.63, 3.8) is 0 Å². The summed E-state index contributed by atoms with van der Waals surface area (Å²) in [5.41, 5.74) is 1.67. The van der Waals surface area contributed by atoms with Gasteiger partial charge < -0.3 is 4.42 Å². The predicted octanol–water partition coefficient (Wildman–Crippen LogP) is 4.01. The summed E-state index contributed by atoms with van der Waals surface area (Å²) in [5.74, 6) is 1.43. The monoisotopic (exact) mass is 224 g/mol. The Morgan fingerprint density at radius 2 is 1.59 bits per heavy atom. The zero-order chi connectivity index (χ0) is 12.1. The van der Waals surface area contributed by atoms with Crippen LogP contribution in [0.15, 0.2) is 57.4 Å². The van der Waals surface area contributed by atoms with Crippen LogP contribution in [-0.2, 0) is 0 Å². The van der Waals surface area contributed by atoms with Crippen molar-refractivity contribution in [3.05, 3.63) is 54.5 Å². The van der Waals surface area contributed by atoms with Gasteiger partial charge in [0.15, 0.2) is 0 Å². The summed E-state index contributed by atoms with van der Waals surface area (Å²) < 4.78 is 5.40. The molecule has 0 saturated carbocycles. The van der Waals surface area contributed by atoms with Crippen LogP contribution in [-0.4, -0.2) is 12.9 Å². The number of hydrogen-bond acceptors (Lipinski definition) is 3. The van der Waals surface area contributed by atoms with Crippen LogP contribution in [0.4, 0.5) is 11.4 Å². The van der Waals surface area contributed by atoms with E-state index >= 15 is 0 Å². The predicted molar refractivity (Wildman–Crippen MR) is 71.7 cm³/mol. The number of hydrogen-bond donors (Lipinski definition) is 0. The molecule has 1 aromatic carbocycles. The summed E-state index contributed by atoms with van der Waals surface area (Å²) in [5, 5.41) is 0. The SMILES string of the molecule is C=Cc1ccc(C=Nc2ccc(N=C)cc2)o1. The first kappa shape index (κ1) is 11.1. The van der Waals surface area contributed by atoms with E-state index in [2.05, 4.69) is 23.3 Å². The minimum Gasteiger partial charge on any atom is -0.456 e.